The van der Waals surface area contributed by atoms with Gasteiger partial charge in [-0.15, -0.1) is 0 Å². The molecule has 0 unspecified atom stereocenters. The van der Waals surface area contributed by atoms with Crippen molar-refractivity contribution in [1.82, 2.24) is 10.3 Å². The molecule has 2 heterocycles. The standard InChI is InChI=1S/C24H30ClN3O2/c1-16(2)18-4-3-5-21(12-18)30-15-17-8-10-28(11-9-17)23-22(25)13-19(14-26-23)24(29)27-20-6-7-20/h3-5,12-14,16-17,20H,6-11,15H2,1-2H3,(H,27,29). The van der Waals surface area contributed by atoms with Crippen molar-refractivity contribution in [3.63, 3.8) is 0 Å². The summed E-state index contributed by atoms with van der Waals surface area (Å²) in [5.41, 5.74) is 1.83. The molecule has 5 nitrogen and oxygen atoms in total. The number of nitrogens with zero attached hydrogens (tertiary/aromatic N) is 2. The van der Waals surface area contributed by atoms with E-state index in [0.717, 1.165) is 56.9 Å². The largest absolute Gasteiger partial charge is 0.493 e. The predicted molar refractivity (Wildman–Crippen MR) is 121 cm³/mol. The molecule has 0 spiro atoms. The number of piperidine rings is 1. The minimum absolute atomic E-state index is 0.0872. The van der Waals surface area contributed by atoms with E-state index in [1.165, 1.54) is 5.56 Å². The molecular formula is C24H30ClN3O2. The maximum absolute atomic E-state index is 12.2. The summed E-state index contributed by atoms with van der Waals surface area (Å²) in [6, 6.07) is 10.4. The Labute approximate surface area is 183 Å². The number of hydrogen-bond acceptors (Lipinski definition) is 4. The van der Waals surface area contributed by atoms with Crippen molar-refractivity contribution < 1.29 is 9.53 Å². The summed E-state index contributed by atoms with van der Waals surface area (Å²) in [5, 5.41) is 3.51. The number of carbonyl (C=O) groups excluding carboxylic acids is 1. The van der Waals surface area contributed by atoms with Crippen molar-refractivity contribution >= 4 is 23.3 Å². The number of ether oxygens (including phenoxy) is 1. The molecule has 2 aromatic rings. The van der Waals surface area contributed by atoms with Crippen LogP contribution in [0.3, 0.4) is 0 Å². The second-order valence-electron chi connectivity index (χ2n) is 8.75. The van der Waals surface area contributed by atoms with E-state index < -0.39 is 0 Å². The molecule has 1 aromatic carbocycles. The van der Waals surface area contributed by atoms with Crippen molar-refractivity contribution in [2.24, 2.45) is 5.92 Å². The van der Waals surface area contributed by atoms with Gasteiger partial charge in [0.05, 0.1) is 17.2 Å². The minimum Gasteiger partial charge on any atom is -0.493 e. The first kappa shape index (κ1) is 21.0. The Balaban J connectivity index is 1.29. The van der Waals surface area contributed by atoms with E-state index in [1.807, 2.05) is 6.07 Å². The Hall–Kier alpha value is -2.27. The Morgan fingerprint density at radius 2 is 2.00 bits per heavy atom. The van der Waals surface area contributed by atoms with Crippen LogP contribution in [0.25, 0.3) is 0 Å². The molecule has 6 heteroatoms. The molecule has 1 saturated heterocycles. The number of rotatable bonds is 7. The maximum atomic E-state index is 12.2. The number of aromatic nitrogens is 1. The highest BCUT2D eigenvalue weighted by Gasteiger charge is 2.26. The number of nitrogens with one attached hydrogen (secondary N) is 1. The molecule has 2 aliphatic rings. The molecular weight excluding hydrogens is 398 g/mol. The number of carbonyl (C=O) groups is 1. The van der Waals surface area contributed by atoms with E-state index in [2.05, 4.69) is 47.2 Å². The summed E-state index contributed by atoms with van der Waals surface area (Å²) in [6.07, 6.45) is 5.83. The number of halogens is 1. The smallest absolute Gasteiger partial charge is 0.253 e. The molecule has 30 heavy (non-hydrogen) atoms. The van der Waals surface area contributed by atoms with Crippen molar-refractivity contribution in [2.45, 2.75) is 51.5 Å². The second kappa shape index (κ2) is 9.25. The summed E-state index contributed by atoms with van der Waals surface area (Å²) in [6.45, 7) is 6.90. The normalized spacial score (nSPS) is 17.3. The molecule has 1 N–H and O–H groups in total. The van der Waals surface area contributed by atoms with Crippen LogP contribution >= 0.6 is 11.6 Å². The first-order chi connectivity index (χ1) is 14.5. The fourth-order valence-electron chi connectivity index (χ4n) is 3.77. The lowest BCUT2D eigenvalue weighted by Gasteiger charge is -2.33. The SMILES string of the molecule is CC(C)c1cccc(OCC2CCN(c3ncc(C(=O)NC4CC4)cc3Cl)CC2)c1. The summed E-state index contributed by atoms with van der Waals surface area (Å²) >= 11 is 6.47. The van der Waals surface area contributed by atoms with E-state index >= 15 is 0 Å². The summed E-state index contributed by atoms with van der Waals surface area (Å²) in [5.74, 6) is 2.65. The number of benzene rings is 1. The number of amides is 1. The van der Waals surface area contributed by atoms with Gasteiger partial charge in [-0.05, 0) is 61.3 Å². The Morgan fingerprint density at radius 3 is 2.67 bits per heavy atom. The average Bonchev–Trinajstić information content (AvgIpc) is 3.57. The van der Waals surface area contributed by atoms with Gasteiger partial charge in [-0.1, -0.05) is 37.6 Å². The van der Waals surface area contributed by atoms with Gasteiger partial charge in [0.25, 0.3) is 5.91 Å². The van der Waals surface area contributed by atoms with Crippen LogP contribution < -0.4 is 15.0 Å². The van der Waals surface area contributed by atoms with Crippen LogP contribution in [0, 0.1) is 5.92 Å². The average molecular weight is 428 g/mol. The molecule has 1 saturated carbocycles. The van der Waals surface area contributed by atoms with Crippen molar-refractivity contribution in [2.75, 3.05) is 24.6 Å². The molecule has 0 atom stereocenters. The lowest BCUT2D eigenvalue weighted by atomic mass is 9.97. The van der Waals surface area contributed by atoms with Crippen molar-refractivity contribution in [3.05, 3.63) is 52.7 Å². The third-order valence-electron chi connectivity index (χ3n) is 5.92. The van der Waals surface area contributed by atoms with E-state index in [9.17, 15) is 4.79 Å². The fraction of sp³-hybridized carbons (Fsp3) is 0.500. The van der Waals surface area contributed by atoms with E-state index in [4.69, 9.17) is 16.3 Å². The van der Waals surface area contributed by atoms with Crippen molar-refractivity contribution in [3.8, 4) is 5.75 Å². The van der Waals surface area contributed by atoms with Crippen LogP contribution in [0.1, 0.15) is 61.4 Å². The molecule has 1 aliphatic heterocycles. The molecule has 0 bridgehead atoms. The van der Waals surface area contributed by atoms with Gasteiger partial charge < -0.3 is 15.0 Å². The first-order valence-electron chi connectivity index (χ1n) is 10.9. The van der Waals surface area contributed by atoms with Gasteiger partial charge in [0, 0.05) is 25.3 Å². The zero-order valence-electron chi connectivity index (χ0n) is 17.7. The van der Waals surface area contributed by atoms with E-state index in [1.54, 1.807) is 12.3 Å². The predicted octanol–water partition coefficient (Wildman–Crippen LogP) is 5.05. The summed E-state index contributed by atoms with van der Waals surface area (Å²) < 4.78 is 6.08. The lowest BCUT2D eigenvalue weighted by Crippen LogP contribution is -2.36. The molecule has 1 aromatic heterocycles. The van der Waals surface area contributed by atoms with Gasteiger partial charge in [-0.3, -0.25) is 4.79 Å². The van der Waals surface area contributed by atoms with Crippen LogP contribution in [0.4, 0.5) is 5.82 Å². The Bertz CT molecular complexity index is 890. The number of pyridine rings is 1. The van der Waals surface area contributed by atoms with E-state index in [-0.39, 0.29) is 5.91 Å². The molecule has 160 valence electrons. The third-order valence-corrected chi connectivity index (χ3v) is 6.20. The van der Waals surface area contributed by atoms with Gasteiger partial charge in [0.15, 0.2) is 0 Å². The van der Waals surface area contributed by atoms with Gasteiger partial charge >= 0.3 is 0 Å². The van der Waals surface area contributed by atoms with Gasteiger partial charge in [0.1, 0.15) is 11.6 Å². The van der Waals surface area contributed by atoms with E-state index in [0.29, 0.717) is 28.5 Å². The molecule has 4 rings (SSSR count). The molecule has 2 fully saturated rings. The summed E-state index contributed by atoms with van der Waals surface area (Å²) in [4.78, 5) is 18.9. The van der Waals surface area contributed by atoms with Crippen LogP contribution in [-0.2, 0) is 0 Å². The van der Waals surface area contributed by atoms with Crippen LogP contribution in [0.5, 0.6) is 5.75 Å². The van der Waals surface area contributed by atoms with Crippen LogP contribution in [0.15, 0.2) is 36.5 Å². The molecule has 1 amide bonds. The van der Waals surface area contributed by atoms with Crippen molar-refractivity contribution in [1.29, 1.82) is 0 Å². The monoisotopic (exact) mass is 427 g/mol. The molecule has 1 aliphatic carbocycles. The Morgan fingerprint density at radius 1 is 1.23 bits per heavy atom. The zero-order valence-corrected chi connectivity index (χ0v) is 18.5. The topological polar surface area (TPSA) is 54.5 Å². The lowest BCUT2D eigenvalue weighted by molar-refractivity contribution is 0.0950. The summed E-state index contributed by atoms with van der Waals surface area (Å²) in [7, 11) is 0. The maximum Gasteiger partial charge on any atom is 0.253 e. The van der Waals surface area contributed by atoms with Crippen LogP contribution in [-0.4, -0.2) is 36.6 Å². The number of hydrogen-bond donors (Lipinski definition) is 1. The highest BCUT2D eigenvalue weighted by molar-refractivity contribution is 6.33. The third kappa shape index (κ3) is 5.25. The number of anilines is 1. The highest BCUT2D eigenvalue weighted by atomic mass is 35.5. The zero-order chi connectivity index (χ0) is 21.1. The van der Waals surface area contributed by atoms with Gasteiger partial charge in [0.2, 0.25) is 0 Å². The van der Waals surface area contributed by atoms with Crippen LogP contribution in [0.2, 0.25) is 5.02 Å². The first-order valence-corrected chi connectivity index (χ1v) is 11.3. The Kier molecular flexibility index (Phi) is 6.47. The molecule has 0 radical (unpaired) electrons. The quantitative estimate of drug-likeness (QED) is 0.672. The second-order valence-corrected chi connectivity index (χ2v) is 9.15. The minimum atomic E-state index is -0.0872. The highest BCUT2D eigenvalue weighted by Crippen LogP contribution is 2.29. The fourth-order valence-corrected chi connectivity index (χ4v) is 4.06. The van der Waals surface area contributed by atoms with Gasteiger partial charge in [-0.2, -0.15) is 0 Å². The van der Waals surface area contributed by atoms with Gasteiger partial charge in [-0.25, -0.2) is 4.98 Å².